The molecule has 1 amide bonds. The number of nitrogens with zero attached hydrogens (tertiary/aromatic N) is 3. The molecule has 3 aromatic rings. The lowest BCUT2D eigenvalue weighted by atomic mass is 10.1. The second-order valence-corrected chi connectivity index (χ2v) is 7.02. The number of benzene rings is 1. The van der Waals surface area contributed by atoms with Crippen LogP contribution < -0.4 is 10.2 Å². The first kappa shape index (κ1) is 17.5. The zero-order valence-electron chi connectivity index (χ0n) is 15.2. The van der Waals surface area contributed by atoms with E-state index >= 15 is 0 Å². The molecule has 2 aromatic heterocycles. The number of amides is 1. The summed E-state index contributed by atoms with van der Waals surface area (Å²) in [6, 6.07) is 8.42. The molecule has 1 aliphatic heterocycles. The third-order valence-corrected chi connectivity index (χ3v) is 5.08. The Bertz CT molecular complexity index is 944. The van der Waals surface area contributed by atoms with E-state index in [4.69, 9.17) is 0 Å². The number of fused-ring (bicyclic) bond motifs is 1. The number of hydrogen-bond donors (Lipinski definition) is 1. The first-order valence-corrected chi connectivity index (χ1v) is 9.48. The van der Waals surface area contributed by atoms with E-state index in [9.17, 15) is 9.18 Å². The first-order chi connectivity index (χ1) is 13.2. The van der Waals surface area contributed by atoms with Gasteiger partial charge in [0, 0.05) is 30.5 Å². The van der Waals surface area contributed by atoms with Gasteiger partial charge in [-0.3, -0.25) is 4.79 Å². The Balaban J connectivity index is 1.48. The van der Waals surface area contributed by atoms with Crippen LogP contribution in [0.1, 0.15) is 42.5 Å². The fourth-order valence-electron chi connectivity index (χ4n) is 3.59. The Morgan fingerprint density at radius 3 is 2.59 bits per heavy atom. The van der Waals surface area contributed by atoms with Crippen LogP contribution in [-0.4, -0.2) is 28.4 Å². The number of imidazole rings is 1. The molecule has 140 valence electrons. The molecule has 1 fully saturated rings. The van der Waals surface area contributed by atoms with E-state index in [0.29, 0.717) is 16.9 Å². The monoisotopic (exact) mass is 366 g/mol. The second-order valence-electron chi connectivity index (χ2n) is 7.02. The quantitative estimate of drug-likeness (QED) is 0.743. The van der Waals surface area contributed by atoms with Gasteiger partial charge in [-0.2, -0.15) is 0 Å². The number of halogens is 1. The highest BCUT2D eigenvalue weighted by atomic mass is 19.1. The molecule has 0 bridgehead atoms. The van der Waals surface area contributed by atoms with Crippen LogP contribution in [0.25, 0.3) is 5.52 Å². The van der Waals surface area contributed by atoms with Crippen LogP contribution >= 0.6 is 0 Å². The Morgan fingerprint density at radius 2 is 1.81 bits per heavy atom. The summed E-state index contributed by atoms with van der Waals surface area (Å²) in [5.74, 6) is -0.559. The van der Waals surface area contributed by atoms with Gasteiger partial charge in [-0.1, -0.05) is 19.3 Å². The molecule has 1 aliphatic rings. The maximum atomic E-state index is 14.7. The summed E-state index contributed by atoms with van der Waals surface area (Å²) in [7, 11) is 0. The molecule has 0 spiro atoms. The largest absolute Gasteiger partial charge is 0.369 e. The van der Waals surface area contributed by atoms with Gasteiger partial charge in [-0.05, 0) is 43.2 Å². The molecule has 1 aromatic carbocycles. The van der Waals surface area contributed by atoms with E-state index in [-0.39, 0.29) is 11.7 Å². The maximum Gasteiger partial charge on any atom is 0.255 e. The van der Waals surface area contributed by atoms with Crippen LogP contribution in [0.4, 0.5) is 15.8 Å². The highest BCUT2D eigenvalue weighted by Crippen LogP contribution is 2.25. The second kappa shape index (κ2) is 7.78. The minimum Gasteiger partial charge on any atom is -0.369 e. The van der Waals surface area contributed by atoms with Crippen molar-refractivity contribution in [2.24, 2.45) is 0 Å². The number of pyridine rings is 1. The van der Waals surface area contributed by atoms with E-state index < -0.39 is 0 Å². The minimum absolute atomic E-state index is 0.267. The molecule has 5 nitrogen and oxygen atoms in total. The van der Waals surface area contributed by atoms with Crippen molar-refractivity contribution >= 4 is 22.8 Å². The zero-order chi connectivity index (χ0) is 18.6. The average molecular weight is 366 g/mol. The normalized spacial score (nSPS) is 15.4. The fraction of sp³-hybridized carbons (Fsp3) is 0.333. The molecule has 6 heteroatoms. The standard InChI is InChI=1S/C21H23FN4O/c22-19-13-17(6-7-20(19)25-9-4-2-1-3-5-10-25)24-21(27)16-8-11-26-15-23-14-18(26)12-16/h6-8,11-15H,1-5,9-10H2,(H,24,27). The van der Waals surface area contributed by atoms with Gasteiger partial charge in [0.25, 0.3) is 5.91 Å². The van der Waals surface area contributed by atoms with Crippen molar-refractivity contribution in [3.8, 4) is 0 Å². The molecular weight excluding hydrogens is 343 g/mol. The molecule has 1 saturated heterocycles. The van der Waals surface area contributed by atoms with Crippen LogP contribution in [0.2, 0.25) is 0 Å². The Labute approximate surface area is 157 Å². The van der Waals surface area contributed by atoms with Crippen LogP contribution in [0.15, 0.2) is 49.1 Å². The van der Waals surface area contributed by atoms with Crippen molar-refractivity contribution in [2.75, 3.05) is 23.3 Å². The molecule has 0 atom stereocenters. The molecule has 0 saturated carbocycles. The van der Waals surface area contributed by atoms with Crippen LogP contribution in [0.5, 0.6) is 0 Å². The average Bonchev–Trinajstić information content (AvgIpc) is 3.10. The van der Waals surface area contributed by atoms with Crippen molar-refractivity contribution in [3.63, 3.8) is 0 Å². The number of hydrogen-bond acceptors (Lipinski definition) is 3. The lowest BCUT2D eigenvalue weighted by molar-refractivity contribution is 0.102. The minimum atomic E-state index is -0.292. The molecule has 27 heavy (non-hydrogen) atoms. The van der Waals surface area contributed by atoms with Crippen LogP contribution in [0.3, 0.4) is 0 Å². The molecule has 0 aliphatic carbocycles. The van der Waals surface area contributed by atoms with Crippen molar-refractivity contribution in [2.45, 2.75) is 32.1 Å². The van der Waals surface area contributed by atoms with Gasteiger partial charge in [-0.15, -0.1) is 0 Å². The van der Waals surface area contributed by atoms with Gasteiger partial charge in [-0.25, -0.2) is 9.37 Å². The van der Waals surface area contributed by atoms with E-state index in [1.54, 1.807) is 43.0 Å². The summed E-state index contributed by atoms with van der Waals surface area (Å²) in [4.78, 5) is 18.6. The molecule has 0 radical (unpaired) electrons. The van der Waals surface area contributed by atoms with E-state index in [0.717, 1.165) is 31.4 Å². The zero-order valence-corrected chi connectivity index (χ0v) is 15.2. The number of nitrogens with one attached hydrogen (secondary N) is 1. The lowest BCUT2D eigenvalue weighted by Gasteiger charge is -2.27. The van der Waals surface area contributed by atoms with Crippen molar-refractivity contribution in [1.29, 1.82) is 0 Å². The summed E-state index contributed by atoms with van der Waals surface area (Å²) in [5, 5.41) is 2.78. The van der Waals surface area contributed by atoms with Gasteiger partial charge in [0.1, 0.15) is 5.82 Å². The molecule has 4 rings (SSSR count). The summed E-state index contributed by atoms with van der Waals surface area (Å²) in [6.07, 6.45) is 11.0. The highest BCUT2D eigenvalue weighted by molar-refractivity contribution is 6.04. The van der Waals surface area contributed by atoms with Crippen molar-refractivity contribution < 1.29 is 9.18 Å². The van der Waals surface area contributed by atoms with Gasteiger partial charge in [0.05, 0.1) is 23.7 Å². The molecule has 1 N–H and O–H groups in total. The van der Waals surface area contributed by atoms with Gasteiger partial charge < -0.3 is 14.6 Å². The number of carbonyl (C=O) groups is 1. The van der Waals surface area contributed by atoms with E-state index in [1.807, 2.05) is 4.40 Å². The topological polar surface area (TPSA) is 49.6 Å². The van der Waals surface area contributed by atoms with Crippen LogP contribution in [0, 0.1) is 5.82 Å². The number of carbonyl (C=O) groups excluding carboxylic acids is 1. The Kier molecular flexibility index (Phi) is 5.05. The van der Waals surface area contributed by atoms with E-state index in [1.165, 1.54) is 25.3 Å². The third kappa shape index (κ3) is 3.94. The smallest absolute Gasteiger partial charge is 0.255 e. The Hall–Kier alpha value is -2.89. The first-order valence-electron chi connectivity index (χ1n) is 9.48. The third-order valence-electron chi connectivity index (χ3n) is 5.08. The Morgan fingerprint density at radius 1 is 1.04 bits per heavy atom. The van der Waals surface area contributed by atoms with Gasteiger partial charge in [0.15, 0.2) is 0 Å². The molecular formula is C21H23FN4O. The summed E-state index contributed by atoms with van der Waals surface area (Å²) in [6.45, 7) is 1.77. The van der Waals surface area contributed by atoms with Gasteiger partial charge >= 0.3 is 0 Å². The number of aromatic nitrogens is 2. The maximum absolute atomic E-state index is 14.7. The highest BCUT2D eigenvalue weighted by Gasteiger charge is 2.15. The SMILES string of the molecule is O=C(Nc1ccc(N2CCCCCCC2)c(F)c1)c1ccn2cncc2c1. The molecule has 0 unspecified atom stereocenters. The predicted molar refractivity (Wildman–Crippen MR) is 105 cm³/mol. The lowest BCUT2D eigenvalue weighted by Crippen LogP contribution is -2.27. The fourth-order valence-corrected chi connectivity index (χ4v) is 3.59. The van der Waals surface area contributed by atoms with Crippen molar-refractivity contribution in [1.82, 2.24) is 9.38 Å². The van der Waals surface area contributed by atoms with E-state index in [2.05, 4.69) is 15.2 Å². The van der Waals surface area contributed by atoms with Crippen molar-refractivity contribution in [3.05, 3.63) is 60.4 Å². The summed E-state index contributed by atoms with van der Waals surface area (Å²) in [5.41, 5.74) is 2.43. The number of rotatable bonds is 3. The molecule has 3 heterocycles. The predicted octanol–water partition coefficient (Wildman–Crippen LogP) is 4.50. The summed E-state index contributed by atoms with van der Waals surface area (Å²) >= 11 is 0. The summed E-state index contributed by atoms with van der Waals surface area (Å²) < 4.78 is 16.5. The van der Waals surface area contributed by atoms with Gasteiger partial charge in [0.2, 0.25) is 0 Å². The number of anilines is 2. The van der Waals surface area contributed by atoms with Crippen LogP contribution in [-0.2, 0) is 0 Å².